The first-order valence-corrected chi connectivity index (χ1v) is 11.4. The van der Waals surface area contributed by atoms with Crippen molar-refractivity contribution in [1.29, 1.82) is 0 Å². The lowest BCUT2D eigenvalue weighted by Gasteiger charge is -2.36. The van der Waals surface area contributed by atoms with Gasteiger partial charge in [0, 0.05) is 51.0 Å². The Kier molecular flexibility index (Phi) is 6.11. The number of rotatable bonds is 5. The molecule has 2 saturated heterocycles. The molecule has 0 spiro atoms. The Labute approximate surface area is 188 Å². The van der Waals surface area contributed by atoms with Crippen molar-refractivity contribution in [3.05, 3.63) is 54.2 Å². The van der Waals surface area contributed by atoms with Crippen LogP contribution in [0.15, 0.2) is 48.7 Å². The van der Waals surface area contributed by atoms with Crippen LogP contribution >= 0.6 is 0 Å². The zero-order valence-electron chi connectivity index (χ0n) is 18.5. The Morgan fingerprint density at radius 2 is 1.41 bits per heavy atom. The van der Waals surface area contributed by atoms with E-state index >= 15 is 0 Å². The SMILES string of the molecule is CCc1ccccc1-c1nc(N2CCOCC2)nc(N2CCN(c3ccccn3)CC2)n1. The topological polar surface area (TPSA) is 70.5 Å². The van der Waals surface area contributed by atoms with Crippen molar-refractivity contribution in [2.24, 2.45) is 0 Å². The molecule has 0 atom stereocenters. The third-order valence-electron chi connectivity index (χ3n) is 6.08. The molecule has 166 valence electrons. The summed E-state index contributed by atoms with van der Waals surface area (Å²) in [5.41, 5.74) is 2.33. The quantitative estimate of drug-likeness (QED) is 0.611. The number of aryl methyl sites for hydroxylation is 1. The molecule has 3 aromatic rings. The summed E-state index contributed by atoms with van der Waals surface area (Å²) in [7, 11) is 0. The van der Waals surface area contributed by atoms with Crippen LogP contribution in [0.25, 0.3) is 11.4 Å². The predicted molar refractivity (Wildman–Crippen MR) is 126 cm³/mol. The largest absolute Gasteiger partial charge is 0.378 e. The number of piperazine rings is 1. The summed E-state index contributed by atoms with van der Waals surface area (Å²) in [6, 6.07) is 14.4. The van der Waals surface area contributed by atoms with Gasteiger partial charge in [0.25, 0.3) is 0 Å². The van der Waals surface area contributed by atoms with E-state index < -0.39 is 0 Å². The molecule has 0 saturated carbocycles. The van der Waals surface area contributed by atoms with Gasteiger partial charge in [-0.3, -0.25) is 0 Å². The normalized spacial score (nSPS) is 17.0. The highest BCUT2D eigenvalue weighted by atomic mass is 16.5. The second-order valence-corrected chi connectivity index (χ2v) is 8.03. The minimum Gasteiger partial charge on any atom is -0.378 e. The van der Waals surface area contributed by atoms with Crippen LogP contribution in [0.2, 0.25) is 0 Å². The van der Waals surface area contributed by atoms with Gasteiger partial charge in [-0.05, 0) is 24.1 Å². The molecular formula is C24H29N7O. The van der Waals surface area contributed by atoms with Crippen LogP contribution in [0.3, 0.4) is 0 Å². The minimum absolute atomic E-state index is 0.699. The molecule has 8 heteroatoms. The van der Waals surface area contributed by atoms with Crippen molar-refractivity contribution in [2.45, 2.75) is 13.3 Å². The van der Waals surface area contributed by atoms with Crippen LogP contribution in [0.5, 0.6) is 0 Å². The Morgan fingerprint density at radius 3 is 2.09 bits per heavy atom. The highest BCUT2D eigenvalue weighted by Gasteiger charge is 2.24. The molecule has 0 amide bonds. The van der Waals surface area contributed by atoms with Crippen LogP contribution in [-0.4, -0.2) is 72.4 Å². The first-order valence-electron chi connectivity index (χ1n) is 11.4. The van der Waals surface area contributed by atoms with E-state index in [2.05, 4.69) is 56.9 Å². The van der Waals surface area contributed by atoms with Gasteiger partial charge in [-0.2, -0.15) is 15.0 Å². The summed E-state index contributed by atoms with van der Waals surface area (Å²) < 4.78 is 5.54. The van der Waals surface area contributed by atoms with Gasteiger partial charge in [0.2, 0.25) is 11.9 Å². The van der Waals surface area contributed by atoms with E-state index in [1.54, 1.807) is 0 Å². The number of nitrogens with zero attached hydrogens (tertiary/aromatic N) is 7. The first kappa shape index (κ1) is 20.6. The first-order chi connectivity index (χ1) is 15.8. The molecule has 2 aliphatic heterocycles. The second-order valence-electron chi connectivity index (χ2n) is 8.03. The van der Waals surface area contributed by atoms with Gasteiger partial charge < -0.3 is 19.4 Å². The van der Waals surface area contributed by atoms with Crippen LogP contribution < -0.4 is 14.7 Å². The lowest BCUT2D eigenvalue weighted by molar-refractivity contribution is 0.122. The number of benzene rings is 1. The molecule has 0 radical (unpaired) electrons. The highest BCUT2D eigenvalue weighted by Crippen LogP contribution is 2.26. The van der Waals surface area contributed by atoms with Gasteiger partial charge in [0.15, 0.2) is 5.82 Å². The fourth-order valence-electron chi connectivity index (χ4n) is 4.24. The number of pyridine rings is 1. The molecule has 32 heavy (non-hydrogen) atoms. The lowest BCUT2D eigenvalue weighted by Crippen LogP contribution is -2.47. The minimum atomic E-state index is 0.699. The second kappa shape index (κ2) is 9.48. The fraction of sp³-hybridized carbons (Fsp3) is 0.417. The van der Waals surface area contributed by atoms with Crippen molar-refractivity contribution >= 4 is 17.7 Å². The Hall–Kier alpha value is -3.26. The summed E-state index contributed by atoms with van der Waals surface area (Å²) in [5.74, 6) is 3.27. The average molecular weight is 432 g/mol. The van der Waals surface area contributed by atoms with Gasteiger partial charge in [-0.25, -0.2) is 4.98 Å². The van der Waals surface area contributed by atoms with Crippen molar-refractivity contribution in [3.8, 4) is 11.4 Å². The standard InChI is InChI=1S/C24H29N7O/c1-2-19-7-3-4-8-20(19)22-26-23(28-24(27-22)31-15-17-32-18-16-31)30-13-11-29(12-14-30)21-9-5-6-10-25-21/h3-10H,2,11-18H2,1H3. The Bertz CT molecular complexity index is 1030. The maximum atomic E-state index is 5.54. The summed E-state index contributed by atoms with van der Waals surface area (Å²) in [4.78, 5) is 26.0. The fourth-order valence-corrected chi connectivity index (χ4v) is 4.24. The average Bonchev–Trinajstić information content (AvgIpc) is 2.89. The Morgan fingerprint density at radius 1 is 0.750 bits per heavy atom. The predicted octanol–water partition coefficient (Wildman–Crippen LogP) is 2.66. The smallest absolute Gasteiger partial charge is 0.230 e. The number of hydrogen-bond donors (Lipinski definition) is 0. The highest BCUT2D eigenvalue weighted by molar-refractivity contribution is 5.63. The zero-order chi connectivity index (χ0) is 21.8. The van der Waals surface area contributed by atoms with Crippen LogP contribution in [0, 0.1) is 0 Å². The van der Waals surface area contributed by atoms with Gasteiger partial charge in [0.1, 0.15) is 5.82 Å². The van der Waals surface area contributed by atoms with Gasteiger partial charge in [0.05, 0.1) is 13.2 Å². The van der Waals surface area contributed by atoms with Crippen LogP contribution in [-0.2, 0) is 11.2 Å². The van der Waals surface area contributed by atoms with E-state index in [4.69, 9.17) is 19.7 Å². The van der Waals surface area contributed by atoms with E-state index in [1.807, 2.05) is 18.3 Å². The van der Waals surface area contributed by atoms with Crippen molar-refractivity contribution < 1.29 is 4.74 Å². The van der Waals surface area contributed by atoms with Crippen molar-refractivity contribution in [2.75, 3.05) is 67.2 Å². The molecule has 0 bridgehead atoms. The molecule has 2 fully saturated rings. The van der Waals surface area contributed by atoms with E-state index in [9.17, 15) is 0 Å². The monoisotopic (exact) mass is 431 g/mol. The molecule has 0 N–H and O–H groups in total. The number of aromatic nitrogens is 4. The van der Waals surface area contributed by atoms with E-state index in [-0.39, 0.29) is 0 Å². The van der Waals surface area contributed by atoms with Gasteiger partial charge >= 0.3 is 0 Å². The zero-order valence-corrected chi connectivity index (χ0v) is 18.5. The van der Waals surface area contributed by atoms with Gasteiger partial charge in [-0.1, -0.05) is 37.3 Å². The molecular weight excluding hydrogens is 402 g/mol. The summed E-state index contributed by atoms with van der Waals surface area (Å²) >= 11 is 0. The van der Waals surface area contributed by atoms with E-state index in [1.165, 1.54) is 5.56 Å². The molecule has 5 rings (SSSR count). The van der Waals surface area contributed by atoms with Crippen LogP contribution in [0.1, 0.15) is 12.5 Å². The number of ether oxygens (including phenoxy) is 1. The molecule has 2 aliphatic rings. The molecule has 4 heterocycles. The third kappa shape index (κ3) is 4.36. The maximum absolute atomic E-state index is 5.54. The summed E-state index contributed by atoms with van der Waals surface area (Å²) in [6.45, 7) is 8.62. The van der Waals surface area contributed by atoms with E-state index in [0.29, 0.717) is 13.2 Å². The molecule has 2 aromatic heterocycles. The van der Waals surface area contributed by atoms with Crippen molar-refractivity contribution in [3.63, 3.8) is 0 Å². The molecule has 0 aliphatic carbocycles. The molecule has 0 unspecified atom stereocenters. The number of anilines is 3. The Balaban J connectivity index is 1.45. The summed E-state index contributed by atoms with van der Waals surface area (Å²) in [5, 5.41) is 0. The number of morpholine rings is 1. The maximum Gasteiger partial charge on any atom is 0.230 e. The lowest BCUT2D eigenvalue weighted by atomic mass is 10.0. The van der Waals surface area contributed by atoms with Crippen molar-refractivity contribution in [1.82, 2.24) is 19.9 Å². The third-order valence-corrected chi connectivity index (χ3v) is 6.08. The summed E-state index contributed by atoms with van der Waals surface area (Å²) in [6.07, 6.45) is 2.78. The van der Waals surface area contributed by atoms with Gasteiger partial charge in [-0.15, -0.1) is 0 Å². The van der Waals surface area contributed by atoms with E-state index in [0.717, 1.165) is 74.8 Å². The molecule has 1 aromatic carbocycles. The molecule has 8 nitrogen and oxygen atoms in total. The van der Waals surface area contributed by atoms with Crippen LogP contribution in [0.4, 0.5) is 17.7 Å². The number of hydrogen-bond acceptors (Lipinski definition) is 8.